The maximum absolute atomic E-state index is 14.0. The van der Waals surface area contributed by atoms with Gasteiger partial charge in [0.2, 0.25) is 0 Å². The standard InChI is InChI=1S/C37H67NO12/c1-13-26-20(4)29(41)21(5)28(40)18(2)15-36(9,17-39)33(50-35-30(42)25(38(11)12)14-19(3)46-35)22(6)31(23(7)34(44)48-26)49-27-16-37(10,45)32(43)24(8)47-27/h18-27,29-33,35,39,41-43,45H,13-17H2,1-12H3/t18-,19-,20+,21+,22+,23-,24+,25+,26-,27+,29+,30-,31+,32+,33-,35+,36+,37-/m1/s1. The number of ketones is 1. The van der Waals surface area contributed by atoms with Gasteiger partial charge in [-0.05, 0) is 61.1 Å². The fourth-order valence-corrected chi connectivity index (χ4v) is 8.49. The molecule has 0 radical (unpaired) electrons. The van der Waals surface area contributed by atoms with E-state index in [-0.39, 0.29) is 30.8 Å². The lowest BCUT2D eigenvalue weighted by molar-refractivity contribution is -0.313. The van der Waals surface area contributed by atoms with Crippen molar-refractivity contribution < 1.29 is 58.8 Å². The van der Waals surface area contributed by atoms with Gasteiger partial charge in [0, 0.05) is 41.5 Å². The smallest absolute Gasteiger partial charge is 0.311 e. The molecular formula is C37H67NO12. The monoisotopic (exact) mass is 717 g/mol. The van der Waals surface area contributed by atoms with Crippen LogP contribution in [0.2, 0.25) is 0 Å². The van der Waals surface area contributed by atoms with E-state index < -0.39 is 108 Å². The highest BCUT2D eigenvalue weighted by molar-refractivity contribution is 5.83. The first-order chi connectivity index (χ1) is 23.1. The van der Waals surface area contributed by atoms with Crippen molar-refractivity contribution in [3.05, 3.63) is 0 Å². The lowest BCUT2D eigenvalue weighted by Gasteiger charge is -2.49. The molecule has 292 valence electrons. The van der Waals surface area contributed by atoms with E-state index >= 15 is 0 Å². The number of Topliss-reactive ketones (excluding diaryl/α,β-unsaturated/α-hetero) is 1. The lowest BCUT2D eigenvalue weighted by Crippen LogP contribution is -2.59. The fourth-order valence-electron chi connectivity index (χ4n) is 8.49. The summed E-state index contributed by atoms with van der Waals surface area (Å²) in [6.07, 6.45) is -8.20. The molecule has 13 nitrogen and oxygen atoms in total. The Labute approximate surface area is 298 Å². The minimum atomic E-state index is -1.55. The Morgan fingerprint density at radius 2 is 1.50 bits per heavy atom. The zero-order valence-corrected chi connectivity index (χ0v) is 32.3. The first kappa shape index (κ1) is 43.1. The summed E-state index contributed by atoms with van der Waals surface area (Å²) in [6.45, 7) is 16.9. The van der Waals surface area contributed by atoms with E-state index in [9.17, 15) is 35.1 Å². The van der Waals surface area contributed by atoms with E-state index in [0.29, 0.717) is 12.8 Å². The molecule has 0 aromatic heterocycles. The first-order valence-electron chi connectivity index (χ1n) is 18.5. The van der Waals surface area contributed by atoms with Crippen molar-refractivity contribution in [3.63, 3.8) is 0 Å². The summed E-state index contributed by atoms with van der Waals surface area (Å²) in [5.41, 5.74) is -2.69. The van der Waals surface area contributed by atoms with Gasteiger partial charge in [0.25, 0.3) is 0 Å². The second kappa shape index (κ2) is 17.3. The molecule has 18 atom stereocenters. The third-order valence-corrected chi connectivity index (χ3v) is 11.8. The minimum absolute atomic E-state index is 0.0942. The molecule has 50 heavy (non-hydrogen) atoms. The van der Waals surface area contributed by atoms with Gasteiger partial charge in [-0.2, -0.15) is 0 Å². The van der Waals surface area contributed by atoms with E-state index in [1.807, 2.05) is 39.8 Å². The van der Waals surface area contributed by atoms with Crippen LogP contribution < -0.4 is 0 Å². The van der Waals surface area contributed by atoms with Crippen LogP contribution in [0.5, 0.6) is 0 Å². The topological polar surface area (TPSA) is 185 Å². The largest absolute Gasteiger partial charge is 0.462 e. The zero-order chi connectivity index (χ0) is 38.0. The predicted octanol–water partition coefficient (Wildman–Crippen LogP) is 2.26. The van der Waals surface area contributed by atoms with E-state index in [0.717, 1.165) is 0 Å². The summed E-state index contributed by atoms with van der Waals surface area (Å²) in [4.78, 5) is 29.8. The second-order valence-electron chi connectivity index (χ2n) is 16.5. The van der Waals surface area contributed by atoms with Gasteiger partial charge in [0.15, 0.2) is 12.6 Å². The average Bonchev–Trinajstić information content (AvgIpc) is 3.05. The number of hydrogen-bond acceptors (Lipinski definition) is 13. The van der Waals surface area contributed by atoms with Crippen LogP contribution in [0.1, 0.15) is 94.9 Å². The number of aliphatic hydroxyl groups is 5. The van der Waals surface area contributed by atoms with Crippen LogP contribution in [-0.2, 0) is 33.3 Å². The molecule has 0 spiro atoms. The highest BCUT2D eigenvalue weighted by atomic mass is 16.7. The van der Waals surface area contributed by atoms with Crippen LogP contribution in [0.3, 0.4) is 0 Å². The third-order valence-electron chi connectivity index (χ3n) is 11.8. The van der Waals surface area contributed by atoms with E-state index in [2.05, 4.69) is 0 Å². The SMILES string of the molecule is CC[C@H]1OC(=O)[C@H](C)[C@@H](O[C@H]2C[C@@](C)(O)[C@@H](O)[C@H](C)O2)[C@H](C)[C@@H](O[C@@H]2O[C@H](C)C[C@H](N(C)C)[C@H]2O)[C@](C)(CO)C[C@@H](C)C(=O)[C@H](C)[C@@H](O)[C@H]1C. The zero-order valence-electron chi connectivity index (χ0n) is 32.3. The highest BCUT2D eigenvalue weighted by Crippen LogP contribution is 2.43. The molecule has 0 aromatic rings. The Morgan fingerprint density at radius 1 is 0.880 bits per heavy atom. The summed E-state index contributed by atoms with van der Waals surface area (Å²) >= 11 is 0. The van der Waals surface area contributed by atoms with E-state index in [4.69, 9.17) is 23.7 Å². The summed E-state index contributed by atoms with van der Waals surface area (Å²) in [7, 11) is 3.74. The molecule has 0 unspecified atom stereocenters. The minimum Gasteiger partial charge on any atom is -0.462 e. The summed E-state index contributed by atoms with van der Waals surface area (Å²) < 4.78 is 31.6. The summed E-state index contributed by atoms with van der Waals surface area (Å²) in [5.74, 6) is -4.42. The molecule has 0 aromatic carbocycles. The third kappa shape index (κ3) is 9.45. The van der Waals surface area contributed by atoms with Gasteiger partial charge in [0.1, 0.15) is 24.1 Å². The Bertz CT molecular complexity index is 1120. The first-order valence-corrected chi connectivity index (χ1v) is 18.5. The predicted molar refractivity (Wildman–Crippen MR) is 185 cm³/mol. The molecule has 0 saturated carbocycles. The van der Waals surface area contributed by atoms with Crippen molar-refractivity contribution in [3.8, 4) is 0 Å². The molecule has 5 N–H and O–H groups in total. The van der Waals surface area contributed by atoms with Crippen molar-refractivity contribution in [1.82, 2.24) is 4.90 Å². The molecule has 0 aliphatic carbocycles. The number of carbonyl (C=O) groups excluding carboxylic acids is 2. The number of aliphatic hydroxyl groups excluding tert-OH is 4. The molecular weight excluding hydrogens is 650 g/mol. The molecule has 3 heterocycles. The van der Waals surface area contributed by atoms with Crippen LogP contribution in [0.25, 0.3) is 0 Å². The van der Waals surface area contributed by atoms with Gasteiger partial charge < -0.3 is 54.1 Å². The molecule has 13 heteroatoms. The van der Waals surface area contributed by atoms with Gasteiger partial charge >= 0.3 is 5.97 Å². The quantitative estimate of drug-likeness (QED) is 0.242. The van der Waals surface area contributed by atoms with Gasteiger partial charge in [-0.1, -0.05) is 41.5 Å². The van der Waals surface area contributed by atoms with Crippen LogP contribution in [-0.4, -0.2) is 136 Å². The molecule has 0 bridgehead atoms. The van der Waals surface area contributed by atoms with Gasteiger partial charge in [-0.3, -0.25) is 9.59 Å². The summed E-state index contributed by atoms with van der Waals surface area (Å²) in [5, 5.41) is 55.7. The normalized spacial score (nSPS) is 49.0. The molecule has 3 saturated heterocycles. The number of esters is 1. The Hall–Kier alpha value is -1.26. The molecule has 3 rings (SSSR count). The number of nitrogens with zero attached hydrogens (tertiary/aromatic N) is 1. The van der Waals surface area contributed by atoms with Crippen molar-refractivity contribution >= 4 is 11.8 Å². The Kier molecular flexibility index (Phi) is 14.9. The van der Waals surface area contributed by atoms with Gasteiger partial charge in [-0.25, -0.2) is 0 Å². The molecule has 3 fully saturated rings. The highest BCUT2D eigenvalue weighted by Gasteiger charge is 2.52. The maximum Gasteiger partial charge on any atom is 0.311 e. The number of rotatable bonds is 7. The number of likely N-dealkylation sites (N-methyl/N-ethyl adjacent to an activating group) is 1. The maximum atomic E-state index is 14.0. The Morgan fingerprint density at radius 3 is 2.04 bits per heavy atom. The van der Waals surface area contributed by atoms with Crippen molar-refractivity contribution in [2.75, 3.05) is 20.7 Å². The summed E-state index contributed by atoms with van der Waals surface area (Å²) in [6, 6.07) is -0.291. The molecule has 3 aliphatic rings. The average molecular weight is 718 g/mol. The fraction of sp³-hybridized carbons (Fsp3) is 0.946. The molecule has 3 aliphatic heterocycles. The second-order valence-corrected chi connectivity index (χ2v) is 16.5. The lowest BCUT2D eigenvalue weighted by atomic mass is 9.68. The van der Waals surface area contributed by atoms with Crippen LogP contribution in [0.4, 0.5) is 0 Å². The van der Waals surface area contributed by atoms with Crippen LogP contribution in [0, 0.1) is 35.0 Å². The number of ether oxygens (including phenoxy) is 5. The van der Waals surface area contributed by atoms with Crippen LogP contribution >= 0.6 is 0 Å². The number of hydrogen-bond donors (Lipinski definition) is 5. The van der Waals surface area contributed by atoms with E-state index in [1.165, 1.54) is 6.92 Å². The van der Waals surface area contributed by atoms with E-state index in [1.54, 1.807) is 41.5 Å². The number of carbonyl (C=O) groups is 2. The molecule has 0 amide bonds. The Balaban J connectivity index is 2.19. The van der Waals surface area contributed by atoms with Crippen molar-refractivity contribution in [2.45, 2.75) is 168 Å². The van der Waals surface area contributed by atoms with Gasteiger partial charge in [0.05, 0.1) is 48.6 Å². The van der Waals surface area contributed by atoms with Crippen molar-refractivity contribution in [1.29, 1.82) is 0 Å². The van der Waals surface area contributed by atoms with Crippen LogP contribution in [0.15, 0.2) is 0 Å². The number of cyclic esters (lactones) is 1. The van der Waals surface area contributed by atoms with Gasteiger partial charge in [-0.15, -0.1) is 0 Å². The van der Waals surface area contributed by atoms with Crippen molar-refractivity contribution in [2.24, 2.45) is 35.0 Å².